The highest BCUT2D eigenvalue weighted by Crippen LogP contribution is 2.51. The minimum atomic E-state index is -4.69. The standard InChI is InChI=1S/C24H24Cl2F3NO2/c1-3-4-5-22(31)30-14-15(2)8-16-6-7-21-17(9-16)13-23(32-21,24(27,28)29)18-10-19(25)12-20(26)11-18/h6-12H,3-5,13-14H2,1-2H3,(H,30,31)/b15-8+. The lowest BCUT2D eigenvalue weighted by Gasteiger charge is -2.31. The third-order valence-corrected chi connectivity index (χ3v) is 5.77. The molecule has 0 aliphatic carbocycles. The Hall–Kier alpha value is -2.18. The second-order valence-electron chi connectivity index (χ2n) is 8.00. The van der Waals surface area contributed by atoms with Crippen LogP contribution in [-0.4, -0.2) is 18.6 Å². The van der Waals surface area contributed by atoms with Crippen molar-refractivity contribution in [3.63, 3.8) is 0 Å². The monoisotopic (exact) mass is 485 g/mol. The molecule has 1 aliphatic rings. The summed E-state index contributed by atoms with van der Waals surface area (Å²) in [5.74, 6) is 0.151. The summed E-state index contributed by atoms with van der Waals surface area (Å²) in [4.78, 5) is 11.8. The minimum Gasteiger partial charge on any atom is -0.472 e. The molecule has 1 atom stereocenters. The van der Waals surface area contributed by atoms with Crippen molar-refractivity contribution in [3.8, 4) is 5.75 Å². The molecule has 0 fully saturated rings. The Kier molecular flexibility index (Phi) is 7.46. The maximum absolute atomic E-state index is 14.2. The lowest BCUT2D eigenvalue weighted by atomic mass is 9.88. The highest BCUT2D eigenvalue weighted by Gasteiger charge is 2.61. The molecule has 1 N–H and O–H groups in total. The fourth-order valence-corrected chi connectivity index (χ4v) is 4.21. The number of hydrogen-bond donors (Lipinski definition) is 1. The molecule has 8 heteroatoms. The minimum absolute atomic E-state index is 0.0166. The van der Waals surface area contributed by atoms with Gasteiger partial charge in [-0.15, -0.1) is 0 Å². The number of amides is 1. The smallest absolute Gasteiger partial charge is 0.432 e. The van der Waals surface area contributed by atoms with E-state index in [0.29, 0.717) is 18.5 Å². The molecule has 32 heavy (non-hydrogen) atoms. The Morgan fingerprint density at radius 1 is 1.19 bits per heavy atom. The van der Waals surface area contributed by atoms with Gasteiger partial charge in [0.2, 0.25) is 11.5 Å². The van der Waals surface area contributed by atoms with Crippen LogP contribution in [0.1, 0.15) is 49.8 Å². The van der Waals surface area contributed by atoms with Gasteiger partial charge in [0, 0.05) is 35.0 Å². The van der Waals surface area contributed by atoms with Gasteiger partial charge in [-0.3, -0.25) is 4.79 Å². The molecular formula is C24H24Cl2F3NO2. The van der Waals surface area contributed by atoms with Crippen molar-refractivity contribution in [1.29, 1.82) is 0 Å². The molecule has 0 saturated carbocycles. The zero-order valence-corrected chi connectivity index (χ0v) is 19.3. The second-order valence-corrected chi connectivity index (χ2v) is 8.87. The van der Waals surface area contributed by atoms with Gasteiger partial charge in [0.1, 0.15) is 5.75 Å². The summed E-state index contributed by atoms with van der Waals surface area (Å²) in [6.45, 7) is 4.26. The molecule has 1 unspecified atom stereocenters. The molecule has 172 valence electrons. The molecule has 1 amide bonds. The molecule has 3 rings (SSSR count). The molecule has 0 radical (unpaired) electrons. The third kappa shape index (κ3) is 5.41. The van der Waals surface area contributed by atoms with E-state index in [9.17, 15) is 18.0 Å². The van der Waals surface area contributed by atoms with Crippen LogP contribution in [0.15, 0.2) is 42.0 Å². The van der Waals surface area contributed by atoms with Crippen molar-refractivity contribution in [2.75, 3.05) is 6.54 Å². The lowest BCUT2D eigenvalue weighted by molar-refractivity contribution is -0.248. The molecule has 0 saturated heterocycles. The highest BCUT2D eigenvalue weighted by molar-refractivity contribution is 6.34. The fourth-order valence-electron chi connectivity index (χ4n) is 3.69. The number of carbonyl (C=O) groups is 1. The van der Waals surface area contributed by atoms with E-state index in [1.54, 1.807) is 12.1 Å². The zero-order valence-electron chi connectivity index (χ0n) is 17.8. The number of hydrogen-bond acceptors (Lipinski definition) is 2. The first-order valence-corrected chi connectivity index (χ1v) is 11.1. The summed E-state index contributed by atoms with van der Waals surface area (Å²) in [6.07, 6.45) is -0.985. The van der Waals surface area contributed by atoms with Crippen molar-refractivity contribution < 1.29 is 22.7 Å². The molecular weight excluding hydrogens is 462 g/mol. The van der Waals surface area contributed by atoms with Gasteiger partial charge in [0.15, 0.2) is 0 Å². The van der Waals surface area contributed by atoms with E-state index in [0.717, 1.165) is 24.0 Å². The van der Waals surface area contributed by atoms with Crippen LogP contribution in [0.2, 0.25) is 10.0 Å². The van der Waals surface area contributed by atoms with Crippen LogP contribution in [-0.2, 0) is 16.8 Å². The number of rotatable bonds is 7. The predicted molar refractivity (Wildman–Crippen MR) is 121 cm³/mol. The van der Waals surface area contributed by atoms with Crippen molar-refractivity contribution >= 4 is 35.2 Å². The fraction of sp³-hybridized carbons (Fsp3) is 0.375. The summed E-state index contributed by atoms with van der Waals surface area (Å²) < 4.78 is 48.2. The van der Waals surface area contributed by atoms with Gasteiger partial charge < -0.3 is 10.1 Å². The van der Waals surface area contributed by atoms with E-state index >= 15 is 0 Å². The molecule has 0 bridgehead atoms. The van der Waals surface area contributed by atoms with Crippen LogP contribution in [0.4, 0.5) is 13.2 Å². The van der Waals surface area contributed by atoms with E-state index in [1.165, 1.54) is 24.3 Å². The van der Waals surface area contributed by atoms with Gasteiger partial charge in [-0.1, -0.05) is 54.3 Å². The average molecular weight is 486 g/mol. The van der Waals surface area contributed by atoms with Crippen molar-refractivity contribution in [2.24, 2.45) is 0 Å². The highest BCUT2D eigenvalue weighted by atomic mass is 35.5. The number of carbonyl (C=O) groups excluding carboxylic acids is 1. The van der Waals surface area contributed by atoms with E-state index in [1.807, 2.05) is 19.9 Å². The topological polar surface area (TPSA) is 38.3 Å². The summed E-state index contributed by atoms with van der Waals surface area (Å²) in [5, 5.41) is 3.06. The van der Waals surface area contributed by atoms with Crippen LogP contribution in [0.25, 0.3) is 6.08 Å². The van der Waals surface area contributed by atoms with Crippen LogP contribution < -0.4 is 10.1 Å². The second kappa shape index (κ2) is 9.75. The van der Waals surface area contributed by atoms with Gasteiger partial charge in [-0.05, 0) is 54.8 Å². The van der Waals surface area contributed by atoms with Crippen LogP contribution >= 0.6 is 23.2 Å². The normalized spacial score (nSPS) is 18.3. The van der Waals surface area contributed by atoms with E-state index < -0.39 is 18.2 Å². The predicted octanol–water partition coefficient (Wildman–Crippen LogP) is 7.10. The van der Waals surface area contributed by atoms with Gasteiger partial charge in [0.25, 0.3) is 0 Å². The number of fused-ring (bicyclic) bond motifs is 1. The van der Waals surface area contributed by atoms with Gasteiger partial charge in [0.05, 0.1) is 0 Å². The molecule has 1 heterocycles. The summed E-state index contributed by atoms with van der Waals surface area (Å²) in [5.41, 5.74) is -0.644. The summed E-state index contributed by atoms with van der Waals surface area (Å²) >= 11 is 11.9. The van der Waals surface area contributed by atoms with Gasteiger partial charge >= 0.3 is 6.18 Å². The van der Waals surface area contributed by atoms with E-state index in [4.69, 9.17) is 27.9 Å². The van der Waals surface area contributed by atoms with Crippen LogP contribution in [0, 0.1) is 0 Å². The Morgan fingerprint density at radius 2 is 1.88 bits per heavy atom. The quantitative estimate of drug-likeness (QED) is 0.454. The number of halogens is 5. The maximum Gasteiger partial charge on any atom is 0.432 e. The first kappa shape index (κ1) is 24.5. The maximum atomic E-state index is 14.2. The largest absolute Gasteiger partial charge is 0.472 e. The number of nitrogens with one attached hydrogen (secondary N) is 1. The number of unbranched alkanes of at least 4 members (excludes halogenated alkanes) is 1. The van der Waals surface area contributed by atoms with E-state index in [2.05, 4.69) is 5.32 Å². The Morgan fingerprint density at radius 3 is 2.50 bits per heavy atom. The van der Waals surface area contributed by atoms with Crippen molar-refractivity contribution in [1.82, 2.24) is 5.32 Å². The molecule has 2 aromatic carbocycles. The Bertz CT molecular complexity index is 1020. The Balaban J connectivity index is 1.83. The molecule has 0 aromatic heterocycles. The number of alkyl halides is 3. The Labute approximate surface area is 195 Å². The zero-order chi connectivity index (χ0) is 23.5. The molecule has 2 aromatic rings. The summed E-state index contributed by atoms with van der Waals surface area (Å²) in [6, 6.07) is 8.76. The lowest BCUT2D eigenvalue weighted by Crippen LogP contribution is -2.46. The molecule has 0 spiro atoms. The summed E-state index contributed by atoms with van der Waals surface area (Å²) in [7, 11) is 0. The van der Waals surface area contributed by atoms with Gasteiger partial charge in [-0.25, -0.2) is 0 Å². The first-order valence-electron chi connectivity index (χ1n) is 10.3. The first-order chi connectivity index (χ1) is 15.0. The van der Waals surface area contributed by atoms with Crippen LogP contribution in [0.3, 0.4) is 0 Å². The van der Waals surface area contributed by atoms with Crippen LogP contribution in [0.5, 0.6) is 5.75 Å². The number of ether oxygens (including phenoxy) is 1. The third-order valence-electron chi connectivity index (χ3n) is 5.33. The van der Waals surface area contributed by atoms with Crippen molar-refractivity contribution in [3.05, 3.63) is 68.7 Å². The van der Waals surface area contributed by atoms with E-state index in [-0.39, 0.29) is 27.3 Å². The SMILES string of the molecule is CCCCC(=O)NC/C(C)=C/c1ccc2c(c1)CC(c1cc(Cl)cc(Cl)c1)(C(F)(F)F)O2. The van der Waals surface area contributed by atoms with Crippen molar-refractivity contribution in [2.45, 2.75) is 51.3 Å². The molecule has 3 nitrogen and oxygen atoms in total. The molecule has 1 aliphatic heterocycles. The van der Waals surface area contributed by atoms with Gasteiger partial charge in [-0.2, -0.15) is 13.2 Å². The average Bonchev–Trinajstić information content (AvgIpc) is 3.10. The number of benzene rings is 2.